The van der Waals surface area contributed by atoms with Gasteiger partial charge in [-0.05, 0) is 43.4 Å². The Bertz CT molecular complexity index is 867. The number of hydrogen-bond acceptors (Lipinski definition) is 4. The zero-order valence-electron chi connectivity index (χ0n) is 14.0. The summed E-state index contributed by atoms with van der Waals surface area (Å²) in [5.41, 5.74) is 0.525. The number of nitrogens with zero attached hydrogens (tertiary/aromatic N) is 1. The second kappa shape index (κ2) is 7.45. The molecular formula is C19H16F3NO2S. The van der Waals surface area contributed by atoms with Gasteiger partial charge in [0, 0.05) is 9.75 Å². The van der Waals surface area contributed by atoms with Crippen molar-refractivity contribution in [3.8, 4) is 11.1 Å². The minimum Gasteiger partial charge on any atom is -0.312 e. The molecule has 0 N–H and O–H groups in total. The number of rotatable bonds is 5. The maximum absolute atomic E-state index is 12.8. The SMILES string of the molecule is Cc1cc(-c2ccccc2)c(CCC/C=C2\C(=O)ON=C2C(F)(F)F)s1. The Morgan fingerprint density at radius 2 is 1.96 bits per heavy atom. The van der Waals surface area contributed by atoms with Crippen molar-refractivity contribution in [2.24, 2.45) is 5.16 Å². The second-order valence-corrected chi connectivity index (χ2v) is 7.23. The molecule has 0 bridgehead atoms. The van der Waals surface area contributed by atoms with Crippen LogP contribution in [-0.2, 0) is 16.1 Å². The van der Waals surface area contributed by atoms with Gasteiger partial charge < -0.3 is 4.84 Å². The first-order valence-electron chi connectivity index (χ1n) is 8.08. The maximum Gasteiger partial charge on any atom is 0.437 e. The van der Waals surface area contributed by atoms with Crippen LogP contribution in [0.3, 0.4) is 0 Å². The summed E-state index contributed by atoms with van der Waals surface area (Å²) in [7, 11) is 0. The van der Waals surface area contributed by atoms with Gasteiger partial charge >= 0.3 is 12.1 Å². The van der Waals surface area contributed by atoms with E-state index in [1.807, 2.05) is 37.3 Å². The molecule has 1 aliphatic rings. The van der Waals surface area contributed by atoms with E-state index < -0.39 is 23.4 Å². The lowest BCUT2D eigenvalue weighted by atomic mass is 10.0. The molecule has 136 valence electrons. The molecule has 0 fully saturated rings. The van der Waals surface area contributed by atoms with Crippen LogP contribution in [0.5, 0.6) is 0 Å². The average Bonchev–Trinajstić information content (AvgIpc) is 3.15. The topological polar surface area (TPSA) is 38.7 Å². The summed E-state index contributed by atoms with van der Waals surface area (Å²) < 4.78 is 38.4. The lowest BCUT2D eigenvalue weighted by Crippen LogP contribution is -2.24. The first kappa shape index (κ1) is 18.4. The van der Waals surface area contributed by atoms with Crippen molar-refractivity contribution < 1.29 is 22.8 Å². The first-order valence-corrected chi connectivity index (χ1v) is 8.89. The van der Waals surface area contributed by atoms with Crippen LogP contribution in [0.15, 0.2) is 53.2 Å². The monoisotopic (exact) mass is 379 g/mol. The van der Waals surface area contributed by atoms with Crippen LogP contribution in [0, 0.1) is 6.92 Å². The van der Waals surface area contributed by atoms with Crippen molar-refractivity contribution >= 4 is 23.0 Å². The summed E-state index contributed by atoms with van der Waals surface area (Å²) in [5.74, 6) is -1.05. The van der Waals surface area contributed by atoms with Crippen molar-refractivity contribution in [3.05, 3.63) is 57.8 Å². The van der Waals surface area contributed by atoms with Gasteiger partial charge in [0.2, 0.25) is 0 Å². The Balaban J connectivity index is 1.68. The third-order valence-corrected chi connectivity index (χ3v) is 5.05. The van der Waals surface area contributed by atoms with Gasteiger partial charge in [-0.2, -0.15) is 13.2 Å². The second-order valence-electron chi connectivity index (χ2n) is 5.89. The van der Waals surface area contributed by atoms with Crippen molar-refractivity contribution in [2.75, 3.05) is 0 Å². The number of alkyl halides is 3. The normalized spacial score (nSPS) is 16.1. The van der Waals surface area contributed by atoms with Crippen LogP contribution >= 0.6 is 11.3 Å². The van der Waals surface area contributed by atoms with Crippen molar-refractivity contribution in [1.82, 2.24) is 0 Å². The fourth-order valence-corrected chi connectivity index (χ4v) is 3.88. The van der Waals surface area contributed by atoms with E-state index in [1.165, 1.54) is 15.8 Å². The average molecular weight is 379 g/mol. The van der Waals surface area contributed by atoms with Gasteiger partial charge in [-0.25, -0.2) is 4.79 Å². The van der Waals surface area contributed by atoms with E-state index in [9.17, 15) is 18.0 Å². The summed E-state index contributed by atoms with van der Waals surface area (Å²) in [4.78, 5) is 18.0. The Morgan fingerprint density at radius 1 is 1.23 bits per heavy atom. The highest BCUT2D eigenvalue weighted by atomic mass is 32.1. The highest BCUT2D eigenvalue weighted by Crippen LogP contribution is 2.33. The lowest BCUT2D eigenvalue weighted by molar-refractivity contribution is -0.136. The van der Waals surface area contributed by atoms with Crippen molar-refractivity contribution in [1.29, 1.82) is 0 Å². The molecule has 0 unspecified atom stereocenters. The quantitative estimate of drug-likeness (QED) is 0.394. The third kappa shape index (κ3) is 4.04. The minimum absolute atomic E-state index is 0.338. The number of oxime groups is 1. The van der Waals surface area contributed by atoms with Gasteiger partial charge in [0.15, 0.2) is 5.71 Å². The van der Waals surface area contributed by atoms with E-state index in [-0.39, 0.29) is 0 Å². The molecule has 0 saturated heterocycles. The Hall–Kier alpha value is -2.41. The van der Waals surface area contributed by atoms with E-state index in [2.05, 4.69) is 16.1 Å². The molecule has 2 aromatic rings. The molecule has 3 nitrogen and oxygen atoms in total. The Kier molecular flexibility index (Phi) is 5.27. The van der Waals surface area contributed by atoms with E-state index in [1.54, 1.807) is 11.3 Å². The lowest BCUT2D eigenvalue weighted by Gasteiger charge is -2.05. The van der Waals surface area contributed by atoms with Gasteiger partial charge in [-0.3, -0.25) is 0 Å². The van der Waals surface area contributed by atoms with E-state index >= 15 is 0 Å². The number of halogens is 3. The van der Waals surface area contributed by atoms with E-state index in [0.717, 1.165) is 17.5 Å². The first-order chi connectivity index (χ1) is 12.4. The number of aryl methyl sites for hydroxylation is 2. The number of benzene rings is 1. The summed E-state index contributed by atoms with van der Waals surface area (Å²) in [5, 5.41) is 2.84. The number of allylic oxidation sites excluding steroid dienone is 1. The largest absolute Gasteiger partial charge is 0.437 e. The van der Waals surface area contributed by atoms with Gasteiger partial charge in [0.05, 0.1) is 5.57 Å². The van der Waals surface area contributed by atoms with Crippen LogP contribution < -0.4 is 0 Å². The van der Waals surface area contributed by atoms with Crippen molar-refractivity contribution in [3.63, 3.8) is 0 Å². The number of unbranched alkanes of at least 4 members (excludes halogenated alkanes) is 1. The molecule has 2 heterocycles. The van der Waals surface area contributed by atoms with E-state index in [0.29, 0.717) is 12.8 Å². The Morgan fingerprint density at radius 3 is 2.65 bits per heavy atom. The van der Waals surface area contributed by atoms with Crippen LogP contribution in [-0.4, -0.2) is 17.9 Å². The van der Waals surface area contributed by atoms with Crippen LogP contribution in [0.4, 0.5) is 13.2 Å². The maximum atomic E-state index is 12.8. The molecule has 1 aromatic carbocycles. The number of carbonyl (C=O) groups excluding carboxylic acids is 1. The Labute approximate surface area is 152 Å². The predicted molar refractivity (Wildman–Crippen MR) is 95.1 cm³/mol. The standard InChI is InChI=1S/C19H16F3NO2S/c1-12-11-15(13-7-3-2-4-8-13)16(26-12)10-6-5-9-14-17(19(20,21)22)23-25-18(14)24/h2-4,7-9,11H,5-6,10H2,1H3/b14-9-. The summed E-state index contributed by atoms with van der Waals surface area (Å²) in [6, 6.07) is 12.1. The van der Waals surface area contributed by atoms with E-state index in [4.69, 9.17) is 0 Å². The van der Waals surface area contributed by atoms with Gasteiger partial charge in [-0.1, -0.05) is 41.6 Å². The molecule has 7 heteroatoms. The molecule has 0 spiro atoms. The molecule has 26 heavy (non-hydrogen) atoms. The molecule has 0 radical (unpaired) electrons. The smallest absolute Gasteiger partial charge is 0.312 e. The predicted octanol–water partition coefficient (Wildman–Crippen LogP) is 5.45. The summed E-state index contributed by atoms with van der Waals surface area (Å²) in [6.07, 6.45) is -1.74. The fraction of sp³-hybridized carbons (Fsp3) is 0.263. The summed E-state index contributed by atoms with van der Waals surface area (Å²) >= 11 is 1.68. The summed E-state index contributed by atoms with van der Waals surface area (Å²) in [6.45, 7) is 2.03. The van der Waals surface area contributed by atoms with Crippen LogP contribution in [0.1, 0.15) is 22.6 Å². The highest BCUT2D eigenvalue weighted by Gasteiger charge is 2.45. The zero-order valence-corrected chi connectivity index (χ0v) is 14.8. The molecule has 1 aliphatic heterocycles. The van der Waals surface area contributed by atoms with Gasteiger partial charge in [-0.15, -0.1) is 11.3 Å². The molecule has 3 rings (SSSR count). The third-order valence-electron chi connectivity index (χ3n) is 3.94. The number of carbonyl (C=O) groups is 1. The molecule has 0 saturated carbocycles. The molecule has 0 amide bonds. The van der Waals surface area contributed by atoms with Crippen molar-refractivity contribution in [2.45, 2.75) is 32.4 Å². The number of hydrogen-bond donors (Lipinski definition) is 0. The molecule has 1 aromatic heterocycles. The highest BCUT2D eigenvalue weighted by molar-refractivity contribution is 7.12. The molecule has 0 aliphatic carbocycles. The number of thiophene rings is 1. The molecule has 0 atom stereocenters. The fourth-order valence-electron chi connectivity index (χ4n) is 2.79. The molecular weight excluding hydrogens is 363 g/mol. The van der Waals surface area contributed by atoms with Crippen LogP contribution in [0.25, 0.3) is 11.1 Å². The minimum atomic E-state index is -4.69. The zero-order chi connectivity index (χ0) is 18.7. The van der Waals surface area contributed by atoms with Gasteiger partial charge in [0.25, 0.3) is 0 Å². The van der Waals surface area contributed by atoms with Gasteiger partial charge in [0.1, 0.15) is 0 Å². The van der Waals surface area contributed by atoms with Crippen LogP contribution in [0.2, 0.25) is 0 Å².